The van der Waals surface area contributed by atoms with Gasteiger partial charge < -0.3 is 5.73 Å². The number of rotatable bonds is 1. The number of hydrogen-bond donors (Lipinski definition) is 1. The molecule has 0 saturated carbocycles. The quantitative estimate of drug-likeness (QED) is 0.541. The highest BCUT2D eigenvalue weighted by atomic mass is 15.1. The van der Waals surface area contributed by atoms with Gasteiger partial charge in [0.1, 0.15) is 5.82 Å². The number of benzene rings is 1. The smallest absolute Gasteiger partial charge is 0.137 e. The van der Waals surface area contributed by atoms with Gasteiger partial charge in [-0.15, -0.1) is 0 Å². The maximum Gasteiger partial charge on any atom is 0.137 e. The number of aryl methyl sites for hydroxylation is 1. The summed E-state index contributed by atoms with van der Waals surface area (Å²) in [7, 11) is 0. The summed E-state index contributed by atoms with van der Waals surface area (Å²) in [4.78, 5) is 8.74. The molecule has 0 bridgehead atoms. The Labute approximate surface area is 121 Å². The van der Waals surface area contributed by atoms with Gasteiger partial charge in [0, 0.05) is 40.4 Å². The average molecular weight is 274 g/mol. The first-order valence-electron chi connectivity index (χ1n) is 6.80. The van der Waals surface area contributed by atoms with Crippen molar-refractivity contribution in [3.63, 3.8) is 0 Å². The second kappa shape index (κ2) is 4.31. The third-order valence-corrected chi connectivity index (χ3v) is 3.89. The molecule has 0 fully saturated rings. The average Bonchev–Trinajstić information content (AvgIpc) is 2.95. The van der Waals surface area contributed by atoms with E-state index in [-0.39, 0.29) is 0 Å². The molecule has 0 unspecified atom stereocenters. The standard InChI is InChI=1S/C17H14N4/c1-11-2-3-13-9-20-16(8-14(13)17(11)18)21-7-5-12-4-6-19-10-15(12)21/h2-10H,18H2,1H3. The van der Waals surface area contributed by atoms with Crippen molar-refractivity contribution in [3.05, 3.63) is 60.7 Å². The Morgan fingerprint density at radius 3 is 2.86 bits per heavy atom. The van der Waals surface area contributed by atoms with Gasteiger partial charge in [0.05, 0.1) is 11.7 Å². The van der Waals surface area contributed by atoms with E-state index in [0.29, 0.717) is 0 Å². The molecule has 0 spiro atoms. The molecule has 3 aromatic heterocycles. The van der Waals surface area contributed by atoms with Crippen LogP contribution in [0.15, 0.2) is 55.1 Å². The van der Waals surface area contributed by atoms with Crippen molar-refractivity contribution >= 4 is 27.4 Å². The summed E-state index contributed by atoms with van der Waals surface area (Å²) in [5, 5.41) is 3.23. The van der Waals surface area contributed by atoms with Crippen LogP contribution in [-0.4, -0.2) is 14.5 Å². The van der Waals surface area contributed by atoms with Crippen LogP contribution in [0, 0.1) is 6.92 Å². The van der Waals surface area contributed by atoms with E-state index in [1.54, 1.807) is 6.20 Å². The first kappa shape index (κ1) is 11.9. The third kappa shape index (κ3) is 1.76. The summed E-state index contributed by atoms with van der Waals surface area (Å²) in [6.45, 7) is 2.02. The molecular weight excluding hydrogens is 260 g/mol. The molecule has 2 N–H and O–H groups in total. The Morgan fingerprint density at radius 1 is 1.05 bits per heavy atom. The zero-order valence-corrected chi connectivity index (χ0v) is 11.6. The predicted molar refractivity (Wildman–Crippen MR) is 85.5 cm³/mol. The van der Waals surface area contributed by atoms with Crippen LogP contribution in [0.25, 0.3) is 27.5 Å². The van der Waals surface area contributed by atoms with Gasteiger partial charge in [-0.1, -0.05) is 12.1 Å². The Morgan fingerprint density at radius 2 is 1.95 bits per heavy atom. The lowest BCUT2D eigenvalue weighted by atomic mass is 10.1. The lowest BCUT2D eigenvalue weighted by Crippen LogP contribution is -1.98. The Hall–Kier alpha value is -2.88. The minimum Gasteiger partial charge on any atom is -0.398 e. The fourth-order valence-corrected chi connectivity index (χ4v) is 2.64. The third-order valence-electron chi connectivity index (χ3n) is 3.89. The van der Waals surface area contributed by atoms with Crippen LogP contribution in [0.1, 0.15) is 5.56 Å². The summed E-state index contributed by atoms with van der Waals surface area (Å²) in [6, 6.07) is 10.2. The highest BCUT2D eigenvalue weighted by molar-refractivity contribution is 5.95. The number of fused-ring (bicyclic) bond motifs is 2. The van der Waals surface area contributed by atoms with E-state index in [2.05, 4.69) is 16.0 Å². The summed E-state index contributed by atoms with van der Waals surface area (Å²) in [5.41, 5.74) is 9.13. The molecule has 0 radical (unpaired) electrons. The van der Waals surface area contributed by atoms with Crippen molar-refractivity contribution < 1.29 is 0 Å². The molecule has 0 aliphatic rings. The number of nitrogens with two attached hydrogens (primary N) is 1. The first-order chi connectivity index (χ1) is 10.2. The van der Waals surface area contributed by atoms with Gasteiger partial charge in [-0.2, -0.15) is 0 Å². The molecule has 0 aliphatic carbocycles. The van der Waals surface area contributed by atoms with E-state index in [0.717, 1.165) is 38.7 Å². The van der Waals surface area contributed by atoms with Crippen molar-refractivity contribution in [1.29, 1.82) is 0 Å². The molecule has 0 aliphatic heterocycles. The van der Waals surface area contributed by atoms with Crippen LogP contribution < -0.4 is 5.73 Å². The largest absolute Gasteiger partial charge is 0.398 e. The van der Waals surface area contributed by atoms with Gasteiger partial charge in [-0.3, -0.25) is 9.55 Å². The lowest BCUT2D eigenvalue weighted by Gasteiger charge is -2.09. The lowest BCUT2D eigenvalue weighted by molar-refractivity contribution is 1.05. The minimum absolute atomic E-state index is 0.811. The Bertz CT molecular complexity index is 969. The molecule has 4 rings (SSSR count). The zero-order chi connectivity index (χ0) is 14.4. The molecule has 0 saturated heterocycles. The van der Waals surface area contributed by atoms with Crippen molar-refractivity contribution in [3.8, 4) is 5.82 Å². The summed E-state index contributed by atoms with van der Waals surface area (Å²) in [6.07, 6.45) is 7.51. The molecule has 21 heavy (non-hydrogen) atoms. The van der Waals surface area contributed by atoms with Gasteiger partial charge in [0.15, 0.2) is 0 Å². The number of hydrogen-bond acceptors (Lipinski definition) is 3. The SMILES string of the molecule is Cc1ccc2cnc(-n3ccc4ccncc43)cc2c1N. The minimum atomic E-state index is 0.811. The normalized spacial score (nSPS) is 11.3. The zero-order valence-electron chi connectivity index (χ0n) is 11.6. The molecule has 0 amide bonds. The van der Waals surface area contributed by atoms with E-state index in [1.807, 2.05) is 54.3 Å². The van der Waals surface area contributed by atoms with Gasteiger partial charge in [-0.25, -0.2) is 4.98 Å². The maximum atomic E-state index is 6.20. The van der Waals surface area contributed by atoms with Gasteiger partial charge in [-0.05, 0) is 30.7 Å². The van der Waals surface area contributed by atoms with Gasteiger partial charge >= 0.3 is 0 Å². The molecular formula is C17H14N4. The Kier molecular flexibility index (Phi) is 2.44. The van der Waals surface area contributed by atoms with E-state index in [4.69, 9.17) is 5.73 Å². The topological polar surface area (TPSA) is 56.7 Å². The highest BCUT2D eigenvalue weighted by Crippen LogP contribution is 2.26. The number of anilines is 1. The second-order valence-corrected chi connectivity index (χ2v) is 5.18. The first-order valence-corrected chi connectivity index (χ1v) is 6.80. The summed E-state index contributed by atoms with van der Waals surface area (Å²) in [5.74, 6) is 0.850. The number of nitrogens with zero attached hydrogens (tertiary/aromatic N) is 3. The molecule has 3 heterocycles. The molecule has 1 aromatic carbocycles. The molecule has 4 nitrogen and oxygen atoms in total. The van der Waals surface area contributed by atoms with Crippen LogP contribution in [0.5, 0.6) is 0 Å². The molecule has 0 atom stereocenters. The maximum absolute atomic E-state index is 6.20. The number of aromatic nitrogens is 3. The number of pyridine rings is 2. The van der Waals surface area contributed by atoms with Crippen LogP contribution in [-0.2, 0) is 0 Å². The highest BCUT2D eigenvalue weighted by Gasteiger charge is 2.07. The summed E-state index contributed by atoms with van der Waals surface area (Å²) >= 11 is 0. The summed E-state index contributed by atoms with van der Waals surface area (Å²) < 4.78 is 2.03. The van der Waals surface area contributed by atoms with Gasteiger partial charge in [0.25, 0.3) is 0 Å². The predicted octanol–water partition coefficient (Wildman–Crippen LogP) is 3.46. The van der Waals surface area contributed by atoms with Crippen LogP contribution in [0.4, 0.5) is 5.69 Å². The Balaban J connectivity index is 2.00. The van der Waals surface area contributed by atoms with E-state index < -0.39 is 0 Å². The van der Waals surface area contributed by atoms with Crippen molar-refractivity contribution in [2.24, 2.45) is 0 Å². The van der Waals surface area contributed by atoms with Gasteiger partial charge in [0.2, 0.25) is 0 Å². The molecule has 4 aromatic rings. The van der Waals surface area contributed by atoms with Crippen molar-refractivity contribution in [1.82, 2.24) is 14.5 Å². The van der Waals surface area contributed by atoms with E-state index in [9.17, 15) is 0 Å². The molecule has 102 valence electrons. The molecule has 4 heteroatoms. The van der Waals surface area contributed by atoms with E-state index in [1.165, 1.54) is 0 Å². The van der Waals surface area contributed by atoms with Crippen molar-refractivity contribution in [2.75, 3.05) is 5.73 Å². The van der Waals surface area contributed by atoms with Crippen LogP contribution >= 0.6 is 0 Å². The van der Waals surface area contributed by atoms with Crippen molar-refractivity contribution in [2.45, 2.75) is 6.92 Å². The van der Waals surface area contributed by atoms with Crippen LogP contribution in [0.2, 0.25) is 0 Å². The number of nitrogen functional groups attached to an aromatic ring is 1. The second-order valence-electron chi connectivity index (χ2n) is 5.18. The fraction of sp³-hybridized carbons (Fsp3) is 0.0588. The van der Waals surface area contributed by atoms with E-state index >= 15 is 0 Å². The van der Waals surface area contributed by atoms with Crippen LogP contribution in [0.3, 0.4) is 0 Å². The fourth-order valence-electron chi connectivity index (χ4n) is 2.64. The monoisotopic (exact) mass is 274 g/mol.